The highest BCUT2D eigenvalue weighted by Crippen LogP contribution is 2.22. The van der Waals surface area contributed by atoms with Crippen molar-refractivity contribution in [1.29, 1.82) is 5.26 Å². The molecule has 0 radical (unpaired) electrons. The number of hydrogen-bond acceptors (Lipinski definition) is 2. The van der Waals surface area contributed by atoms with E-state index in [1.165, 1.54) is 6.07 Å². The molecule has 0 aliphatic carbocycles. The lowest BCUT2D eigenvalue weighted by Gasteiger charge is -2.19. The number of hydrogen-bond donors (Lipinski definition) is 0. The highest BCUT2D eigenvalue weighted by atomic mass is 35.5. The van der Waals surface area contributed by atoms with Gasteiger partial charge in [0.25, 0.3) is 0 Å². The van der Waals surface area contributed by atoms with Crippen LogP contribution in [-0.4, -0.2) is 18.0 Å². The largest absolute Gasteiger partial charge is 0.287 e. The van der Waals surface area contributed by atoms with Crippen molar-refractivity contribution in [2.24, 2.45) is 0 Å². The van der Waals surface area contributed by atoms with Gasteiger partial charge in [0, 0.05) is 11.6 Å². The Morgan fingerprint density at radius 3 is 2.75 bits per heavy atom. The first-order valence-corrected chi connectivity index (χ1v) is 5.38. The Hall–Kier alpha value is -1.11. The molecule has 16 heavy (non-hydrogen) atoms. The molecule has 0 spiro atoms. The molecule has 2 nitrogen and oxygen atoms in total. The number of nitrogens with zero attached hydrogens (tertiary/aromatic N) is 2. The van der Waals surface area contributed by atoms with Crippen molar-refractivity contribution >= 4 is 11.6 Å². The van der Waals surface area contributed by atoms with Crippen molar-refractivity contribution in [1.82, 2.24) is 4.90 Å². The quantitative estimate of drug-likeness (QED) is 0.812. The van der Waals surface area contributed by atoms with Gasteiger partial charge in [-0.15, -0.1) is 0 Å². The van der Waals surface area contributed by atoms with E-state index < -0.39 is 0 Å². The molecule has 0 bridgehead atoms. The molecule has 0 amide bonds. The van der Waals surface area contributed by atoms with E-state index in [1.54, 1.807) is 19.9 Å². The van der Waals surface area contributed by atoms with Crippen LogP contribution in [0.1, 0.15) is 18.1 Å². The standard InChI is InChI=1S/C12H14ClFN2/c1-8-4-11(13)10(5-12(8)14)7-16(3)9(2)6-15/h4-5,9H,7H2,1-3H3. The number of halogens is 2. The van der Waals surface area contributed by atoms with Crippen molar-refractivity contribution in [2.45, 2.75) is 26.4 Å². The van der Waals surface area contributed by atoms with Gasteiger partial charge in [0.1, 0.15) is 5.82 Å². The fourth-order valence-electron chi connectivity index (χ4n) is 1.31. The molecule has 0 saturated carbocycles. The van der Waals surface area contributed by atoms with Crippen molar-refractivity contribution in [3.63, 3.8) is 0 Å². The Morgan fingerprint density at radius 2 is 2.19 bits per heavy atom. The molecule has 1 unspecified atom stereocenters. The average Bonchev–Trinajstić information content (AvgIpc) is 2.24. The van der Waals surface area contributed by atoms with Gasteiger partial charge < -0.3 is 0 Å². The van der Waals surface area contributed by atoms with Gasteiger partial charge in [0.15, 0.2) is 0 Å². The smallest absolute Gasteiger partial charge is 0.126 e. The van der Waals surface area contributed by atoms with Crippen LogP contribution in [0.4, 0.5) is 4.39 Å². The molecular weight excluding hydrogens is 227 g/mol. The SMILES string of the molecule is Cc1cc(Cl)c(CN(C)C(C)C#N)cc1F. The second-order valence-electron chi connectivity index (χ2n) is 3.91. The van der Waals surface area contributed by atoms with Crippen LogP contribution in [-0.2, 0) is 6.54 Å². The van der Waals surface area contributed by atoms with E-state index in [-0.39, 0.29) is 11.9 Å². The summed E-state index contributed by atoms with van der Waals surface area (Å²) in [5.41, 5.74) is 1.24. The Balaban J connectivity index is 2.90. The molecule has 0 saturated heterocycles. The summed E-state index contributed by atoms with van der Waals surface area (Å²) in [5, 5.41) is 9.29. The van der Waals surface area contributed by atoms with E-state index >= 15 is 0 Å². The summed E-state index contributed by atoms with van der Waals surface area (Å²) in [6.07, 6.45) is 0. The van der Waals surface area contributed by atoms with E-state index in [9.17, 15) is 4.39 Å². The van der Waals surface area contributed by atoms with Gasteiger partial charge in [0.2, 0.25) is 0 Å². The van der Waals surface area contributed by atoms with Crippen molar-refractivity contribution in [3.05, 3.63) is 34.1 Å². The molecule has 0 N–H and O–H groups in total. The third kappa shape index (κ3) is 2.94. The molecule has 0 aromatic heterocycles. The monoisotopic (exact) mass is 240 g/mol. The number of benzene rings is 1. The van der Waals surface area contributed by atoms with Gasteiger partial charge in [-0.25, -0.2) is 4.39 Å². The molecule has 1 rings (SSSR count). The van der Waals surface area contributed by atoms with Gasteiger partial charge in [-0.05, 0) is 44.2 Å². The number of aryl methyl sites for hydroxylation is 1. The molecule has 0 heterocycles. The number of rotatable bonds is 3. The summed E-state index contributed by atoms with van der Waals surface area (Å²) < 4.78 is 13.4. The predicted octanol–water partition coefficient (Wildman–Crippen LogP) is 3.13. The molecule has 1 aromatic rings. The summed E-state index contributed by atoms with van der Waals surface area (Å²) in [5.74, 6) is -0.266. The average molecular weight is 241 g/mol. The fourth-order valence-corrected chi connectivity index (χ4v) is 1.59. The summed E-state index contributed by atoms with van der Waals surface area (Å²) in [7, 11) is 1.81. The van der Waals surface area contributed by atoms with Gasteiger partial charge in [-0.1, -0.05) is 11.6 Å². The van der Waals surface area contributed by atoms with E-state index in [2.05, 4.69) is 6.07 Å². The van der Waals surface area contributed by atoms with Crippen LogP contribution >= 0.6 is 11.6 Å². The molecular formula is C12H14ClFN2. The summed E-state index contributed by atoms with van der Waals surface area (Å²) in [6, 6.07) is 4.93. The summed E-state index contributed by atoms with van der Waals surface area (Å²) in [4.78, 5) is 1.82. The van der Waals surface area contributed by atoms with Crippen LogP contribution in [0.3, 0.4) is 0 Å². The first-order valence-electron chi connectivity index (χ1n) is 5.00. The third-order valence-electron chi connectivity index (χ3n) is 2.60. The van der Waals surface area contributed by atoms with Gasteiger partial charge in [0.05, 0.1) is 12.1 Å². The topological polar surface area (TPSA) is 27.0 Å². The zero-order valence-corrected chi connectivity index (χ0v) is 10.3. The maximum absolute atomic E-state index is 13.4. The highest BCUT2D eigenvalue weighted by molar-refractivity contribution is 6.31. The van der Waals surface area contributed by atoms with Crippen molar-refractivity contribution in [3.8, 4) is 6.07 Å². The summed E-state index contributed by atoms with van der Waals surface area (Å²) in [6.45, 7) is 3.93. The Labute approximate surface area is 100 Å². The lowest BCUT2D eigenvalue weighted by molar-refractivity contribution is 0.294. The van der Waals surface area contributed by atoms with Crippen molar-refractivity contribution in [2.75, 3.05) is 7.05 Å². The zero-order valence-electron chi connectivity index (χ0n) is 9.59. The maximum Gasteiger partial charge on any atom is 0.126 e. The molecule has 4 heteroatoms. The first-order chi connectivity index (χ1) is 7.45. The minimum atomic E-state index is -0.266. The van der Waals surface area contributed by atoms with E-state index in [0.717, 1.165) is 0 Å². The fraction of sp³-hybridized carbons (Fsp3) is 0.417. The Kier molecular flexibility index (Phi) is 4.28. The number of nitriles is 1. The molecule has 1 atom stereocenters. The normalized spacial score (nSPS) is 12.6. The third-order valence-corrected chi connectivity index (χ3v) is 2.95. The Bertz CT molecular complexity index is 426. The maximum atomic E-state index is 13.4. The van der Waals surface area contributed by atoms with E-state index in [0.29, 0.717) is 22.7 Å². The minimum absolute atomic E-state index is 0.222. The molecule has 86 valence electrons. The lowest BCUT2D eigenvalue weighted by Crippen LogP contribution is -2.27. The van der Waals surface area contributed by atoms with Crippen LogP contribution < -0.4 is 0 Å². The van der Waals surface area contributed by atoms with Crippen LogP contribution in [0.5, 0.6) is 0 Å². The van der Waals surface area contributed by atoms with Crippen molar-refractivity contribution < 1.29 is 4.39 Å². The molecule has 0 aliphatic heterocycles. The highest BCUT2D eigenvalue weighted by Gasteiger charge is 2.12. The molecule has 0 aliphatic rings. The second-order valence-corrected chi connectivity index (χ2v) is 4.32. The van der Waals surface area contributed by atoms with E-state index in [4.69, 9.17) is 16.9 Å². The predicted molar refractivity (Wildman–Crippen MR) is 62.7 cm³/mol. The lowest BCUT2D eigenvalue weighted by atomic mass is 10.1. The molecule has 1 aromatic carbocycles. The van der Waals surface area contributed by atoms with E-state index in [1.807, 2.05) is 11.9 Å². The van der Waals surface area contributed by atoms with Crippen LogP contribution in [0.25, 0.3) is 0 Å². The second kappa shape index (κ2) is 5.29. The van der Waals surface area contributed by atoms with Gasteiger partial charge >= 0.3 is 0 Å². The van der Waals surface area contributed by atoms with Gasteiger partial charge in [-0.3, -0.25) is 4.90 Å². The van der Waals surface area contributed by atoms with Gasteiger partial charge in [-0.2, -0.15) is 5.26 Å². The summed E-state index contributed by atoms with van der Waals surface area (Å²) >= 11 is 6.02. The Morgan fingerprint density at radius 1 is 1.56 bits per heavy atom. The van der Waals surface area contributed by atoms with Crippen LogP contribution in [0, 0.1) is 24.1 Å². The first kappa shape index (κ1) is 13.0. The molecule has 0 fully saturated rings. The zero-order chi connectivity index (χ0) is 12.3. The minimum Gasteiger partial charge on any atom is -0.287 e. The van der Waals surface area contributed by atoms with Crippen LogP contribution in [0.15, 0.2) is 12.1 Å². The van der Waals surface area contributed by atoms with Crippen LogP contribution in [0.2, 0.25) is 5.02 Å².